The lowest BCUT2D eigenvalue weighted by atomic mass is 10.4. The van der Waals surface area contributed by atoms with Gasteiger partial charge in [-0.3, -0.25) is 4.18 Å². The van der Waals surface area contributed by atoms with Gasteiger partial charge in [-0.05, 0) is 12.8 Å². The first-order valence-corrected chi connectivity index (χ1v) is 5.07. The third-order valence-corrected chi connectivity index (χ3v) is 2.14. The SMILES string of the molecule is CCCC[S@](=O)OCCC. The van der Waals surface area contributed by atoms with Gasteiger partial charge in [0.2, 0.25) is 0 Å². The van der Waals surface area contributed by atoms with E-state index in [1.54, 1.807) is 0 Å². The molecule has 0 fully saturated rings. The van der Waals surface area contributed by atoms with Gasteiger partial charge < -0.3 is 0 Å². The smallest absolute Gasteiger partial charge is 0.155 e. The maximum absolute atomic E-state index is 10.8. The van der Waals surface area contributed by atoms with E-state index < -0.39 is 11.1 Å². The van der Waals surface area contributed by atoms with Crippen LogP contribution in [-0.4, -0.2) is 16.6 Å². The van der Waals surface area contributed by atoms with Gasteiger partial charge in [0.05, 0.1) is 6.61 Å². The van der Waals surface area contributed by atoms with Gasteiger partial charge in [-0.15, -0.1) is 0 Å². The molecule has 0 saturated heterocycles. The van der Waals surface area contributed by atoms with Crippen molar-refractivity contribution in [1.29, 1.82) is 0 Å². The highest BCUT2D eigenvalue weighted by atomic mass is 32.2. The zero-order valence-corrected chi connectivity index (χ0v) is 7.58. The molecule has 62 valence electrons. The fraction of sp³-hybridized carbons (Fsp3) is 1.00. The maximum atomic E-state index is 10.8. The molecule has 3 heteroatoms. The van der Waals surface area contributed by atoms with Gasteiger partial charge >= 0.3 is 0 Å². The van der Waals surface area contributed by atoms with E-state index in [-0.39, 0.29) is 0 Å². The minimum Gasteiger partial charge on any atom is -0.291 e. The molecule has 1 atom stereocenters. The van der Waals surface area contributed by atoms with Crippen LogP contribution in [-0.2, 0) is 15.3 Å². The molecule has 0 aromatic carbocycles. The summed E-state index contributed by atoms with van der Waals surface area (Å²) < 4.78 is 15.8. The predicted octanol–water partition coefficient (Wildman–Crippen LogP) is 1.88. The predicted molar refractivity (Wildman–Crippen MR) is 44.2 cm³/mol. The fourth-order valence-corrected chi connectivity index (χ4v) is 1.49. The van der Waals surface area contributed by atoms with Crippen LogP contribution in [0.2, 0.25) is 0 Å². The van der Waals surface area contributed by atoms with Crippen LogP contribution in [0.1, 0.15) is 33.1 Å². The molecule has 0 unspecified atom stereocenters. The Bertz CT molecular complexity index is 83.6. The van der Waals surface area contributed by atoms with Crippen molar-refractivity contribution in [2.24, 2.45) is 0 Å². The topological polar surface area (TPSA) is 26.3 Å². The van der Waals surface area contributed by atoms with E-state index >= 15 is 0 Å². The van der Waals surface area contributed by atoms with E-state index in [1.807, 2.05) is 6.92 Å². The third-order valence-electron chi connectivity index (χ3n) is 1.08. The van der Waals surface area contributed by atoms with Gasteiger partial charge in [0, 0.05) is 5.75 Å². The van der Waals surface area contributed by atoms with E-state index in [1.165, 1.54) is 0 Å². The fourth-order valence-electron chi connectivity index (χ4n) is 0.497. The summed E-state index contributed by atoms with van der Waals surface area (Å²) in [5.41, 5.74) is 0. The van der Waals surface area contributed by atoms with Gasteiger partial charge in [-0.2, -0.15) is 0 Å². The molecule has 0 saturated carbocycles. The molecular weight excluding hydrogens is 148 g/mol. The molecule has 0 spiro atoms. The molecule has 2 nitrogen and oxygen atoms in total. The molecule has 0 N–H and O–H groups in total. The van der Waals surface area contributed by atoms with Crippen molar-refractivity contribution in [3.8, 4) is 0 Å². The summed E-state index contributed by atoms with van der Waals surface area (Å²) >= 11 is -1.02. The Hall–Kier alpha value is 0.110. The lowest BCUT2D eigenvalue weighted by Crippen LogP contribution is -2.02. The number of unbranched alkanes of at least 4 members (excludes halogenated alkanes) is 1. The normalized spacial score (nSPS) is 13.4. The van der Waals surface area contributed by atoms with E-state index in [0.29, 0.717) is 12.4 Å². The largest absolute Gasteiger partial charge is 0.291 e. The first-order valence-electron chi connectivity index (χ1n) is 3.82. The molecule has 0 heterocycles. The quantitative estimate of drug-likeness (QED) is 0.599. The Morgan fingerprint density at radius 1 is 1.30 bits per heavy atom. The molecule has 0 aromatic heterocycles. The van der Waals surface area contributed by atoms with E-state index in [9.17, 15) is 4.21 Å². The Kier molecular flexibility index (Phi) is 7.30. The number of rotatable bonds is 6. The minimum atomic E-state index is -1.02. The van der Waals surface area contributed by atoms with Crippen LogP contribution in [0.15, 0.2) is 0 Å². The highest BCUT2D eigenvalue weighted by Crippen LogP contribution is 1.94. The summed E-state index contributed by atoms with van der Waals surface area (Å²) in [5.74, 6) is 0.691. The van der Waals surface area contributed by atoms with Crippen LogP contribution in [0, 0.1) is 0 Å². The molecule has 0 aliphatic heterocycles. The van der Waals surface area contributed by atoms with Crippen LogP contribution >= 0.6 is 0 Å². The van der Waals surface area contributed by atoms with E-state index in [4.69, 9.17) is 4.18 Å². The van der Waals surface area contributed by atoms with Crippen molar-refractivity contribution in [1.82, 2.24) is 0 Å². The third kappa shape index (κ3) is 6.23. The molecule has 0 radical (unpaired) electrons. The van der Waals surface area contributed by atoms with Crippen LogP contribution < -0.4 is 0 Å². The Labute approximate surface area is 65.6 Å². The lowest BCUT2D eigenvalue weighted by Gasteiger charge is -1.99. The molecule has 0 aromatic rings. The summed E-state index contributed by atoms with van der Waals surface area (Å²) in [5, 5.41) is 0. The van der Waals surface area contributed by atoms with E-state index in [2.05, 4.69) is 6.92 Å². The van der Waals surface area contributed by atoms with Gasteiger partial charge in [0.1, 0.15) is 0 Å². The van der Waals surface area contributed by atoms with Crippen molar-refractivity contribution in [2.45, 2.75) is 33.1 Å². The highest BCUT2D eigenvalue weighted by molar-refractivity contribution is 7.80. The first-order chi connectivity index (χ1) is 4.81. The maximum Gasteiger partial charge on any atom is 0.155 e. The Morgan fingerprint density at radius 2 is 2.00 bits per heavy atom. The lowest BCUT2D eigenvalue weighted by molar-refractivity contribution is 0.346. The molecule has 0 amide bonds. The molecule has 0 aliphatic carbocycles. The molecule has 0 bridgehead atoms. The van der Waals surface area contributed by atoms with Crippen LogP contribution in [0.5, 0.6) is 0 Å². The average Bonchev–Trinajstić information content (AvgIpc) is 1.97. The second-order valence-corrected chi connectivity index (χ2v) is 3.43. The minimum absolute atomic E-state index is 0.621. The van der Waals surface area contributed by atoms with Crippen molar-refractivity contribution in [3.05, 3.63) is 0 Å². The van der Waals surface area contributed by atoms with Crippen molar-refractivity contribution < 1.29 is 8.39 Å². The summed E-state index contributed by atoms with van der Waals surface area (Å²) in [6.07, 6.45) is 3.02. The number of hydrogen-bond donors (Lipinski definition) is 0. The van der Waals surface area contributed by atoms with Crippen molar-refractivity contribution in [2.75, 3.05) is 12.4 Å². The summed E-state index contributed by atoms with van der Waals surface area (Å²) in [6, 6.07) is 0. The summed E-state index contributed by atoms with van der Waals surface area (Å²) in [4.78, 5) is 0. The van der Waals surface area contributed by atoms with Gasteiger partial charge in [0.15, 0.2) is 11.1 Å². The standard InChI is InChI=1S/C7H16O2S/c1-3-5-7-10(8)9-6-4-2/h3-7H2,1-2H3/t10-/m1/s1. The molecule has 0 aliphatic rings. The average molecular weight is 164 g/mol. The molecule has 10 heavy (non-hydrogen) atoms. The highest BCUT2D eigenvalue weighted by Gasteiger charge is 1.96. The zero-order valence-electron chi connectivity index (χ0n) is 6.76. The second-order valence-electron chi connectivity index (χ2n) is 2.18. The number of hydrogen-bond acceptors (Lipinski definition) is 2. The monoisotopic (exact) mass is 164 g/mol. The summed E-state index contributed by atoms with van der Waals surface area (Å²) in [7, 11) is 0. The zero-order chi connectivity index (χ0) is 7.82. The van der Waals surface area contributed by atoms with Crippen molar-refractivity contribution in [3.63, 3.8) is 0 Å². The first kappa shape index (κ1) is 10.1. The van der Waals surface area contributed by atoms with Crippen LogP contribution in [0.3, 0.4) is 0 Å². The van der Waals surface area contributed by atoms with Gasteiger partial charge in [0.25, 0.3) is 0 Å². The van der Waals surface area contributed by atoms with E-state index in [0.717, 1.165) is 19.3 Å². The molecule has 0 rings (SSSR count). The summed E-state index contributed by atoms with van der Waals surface area (Å²) in [6.45, 7) is 4.71. The van der Waals surface area contributed by atoms with Gasteiger partial charge in [-0.25, -0.2) is 4.21 Å². The van der Waals surface area contributed by atoms with Crippen LogP contribution in [0.25, 0.3) is 0 Å². The van der Waals surface area contributed by atoms with Crippen molar-refractivity contribution >= 4 is 11.1 Å². The molecular formula is C7H16O2S. The Morgan fingerprint density at radius 3 is 2.50 bits per heavy atom. The van der Waals surface area contributed by atoms with Crippen LogP contribution in [0.4, 0.5) is 0 Å². The van der Waals surface area contributed by atoms with Gasteiger partial charge in [-0.1, -0.05) is 20.3 Å². The second kappa shape index (κ2) is 7.22. The Balaban J connectivity index is 3.09.